The monoisotopic (exact) mass is 398 g/mol. The van der Waals surface area contributed by atoms with Crippen molar-refractivity contribution < 1.29 is 55.0 Å². The van der Waals surface area contributed by atoms with Gasteiger partial charge >= 0.3 is 24.4 Å². The molecule has 1 aromatic rings. The normalized spacial score (nSPS) is 23.5. The van der Waals surface area contributed by atoms with E-state index in [1.165, 1.54) is 0 Å². The summed E-state index contributed by atoms with van der Waals surface area (Å²) in [4.78, 5) is 0. The zero-order chi connectivity index (χ0) is 20.0. The van der Waals surface area contributed by atoms with E-state index in [1.807, 2.05) is 0 Å². The summed E-state index contributed by atoms with van der Waals surface area (Å²) in [6.07, 6.45) is -21.2. The Bertz CT molecular complexity index is 680. The Labute approximate surface area is 135 Å². The molecule has 8 nitrogen and oxygen atoms in total. The fourth-order valence-electron chi connectivity index (χ4n) is 2.77. The maximum absolute atomic E-state index is 13.8. The van der Waals surface area contributed by atoms with Crippen LogP contribution in [0.2, 0.25) is 0 Å². The van der Waals surface area contributed by atoms with Crippen LogP contribution in [0.5, 0.6) is 0 Å². The van der Waals surface area contributed by atoms with E-state index in [0.717, 1.165) is 0 Å². The fourth-order valence-corrected chi connectivity index (χ4v) is 2.77. The zero-order valence-corrected chi connectivity index (χ0v) is 11.4. The molecule has 0 unspecified atom stereocenters. The van der Waals surface area contributed by atoms with Crippen molar-refractivity contribution in [2.24, 2.45) is 0 Å². The van der Waals surface area contributed by atoms with Crippen LogP contribution < -0.4 is 10.5 Å². The maximum Gasteiger partial charge on any atom is 0.390 e. The topological polar surface area (TPSA) is 112 Å². The first-order valence-electron chi connectivity index (χ1n) is 6.04. The molecular weight excluding hydrogens is 396 g/mol. The second-order valence-electron chi connectivity index (χ2n) is 5.01. The van der Waals surface area contributed by atoms with E-state index in [-0.39, 0.29) is 0 Å². The van der Waals surface area contributed by atoms with Gasteiger partial charge in [0.05, 0.1) is 22.3 Å². The highest BCUT2D eigenvalue weighted by Gasteiger charge is 2.68. The van der Waals surface area contributed by atoms with Gasteiger partial charge in [0.2, 0.25) is 0 Å². The van der Waals surface area contributed by atoms with Crippen molar-refractivity contribution in [2.75, 3.05) is 10.5 Å². The molecule has 0 saturated carbocycles. The van der Waals surface area contributed by atoms with Gasteiger partial charge in [0.15, 0.2) is 0 Å². The van der Waals surface area contributed by atoms with Gasteiger partial charge in [-0.1, -0.05) is 0 Å². The standard InChI is InChI=1S/C10H2F8N2O6/c11-7(12)1-2(8(13,14)25-7)6(20(23)24)4-3(5(1)19(21)22)9(15,16)26-10(4,17)18/h21-22H/q-2. The highest BCUT2D eigenvalue weighted by atomic mass is 19.3. The Morgan fingerprint density at radius 2 is 0.885 bits per heavy atom. The molecule has 2 N–H and O–H groups in total. The average molecular weight is 398 g/mol. The molecule has 0 saturated heterocycles. The molecule has 0 aromatic heterocycles. The number of anilines is 2. The highest BCUT2D eigenvalue weighted by molar-refractivity contribution is 5.80. The largest absolute Gasteiger partial charge is 0.769 e. The molecule has 0 radical (unpaired) electrons. The third kappa shape index (κ3) is 2.23. The van der Waals surface area contributed by atoms with Crippen LogP contribution in [0.1, 0.15) is 22.3 Å². The molecule has 2 heterocycles. The molecular formula is C10H2F8N2O6-2. The minimum absolute atomic E-state index is 1.58. The summed E-state index contributed by atoms with van der Waals surface area (Å²) in [5.74, 6) is 0. The van der Waals surface area contributed by atoms with E-state index in [9.17, 15) is 45.5 Å². The molecule has 16 heteroatoms. The molecule has 2 aliphatic rings. The average Bonchev–Trinajstić information content (AvgIpc) is 2.71. The van der Waals surface area contributed by atoms with Gasteiger partial charge in [0, 0.05) is 5.69 Å². The Morgan fingerprint density at radius 3 is 1.12 bits per heavy atom. The second kappa shape index (κ2) is 4.84. The van der Waals surface area contributed by atoms with Crippen LogP contribution in [0.4, 0.5) is 46.5 Å². The number of alkyl halides is 8. The molecule has 3 rings (SSSR count). The first-order valence-corrected chi connectivity index (χ1v) is 6.04. The van der Waals surface area contributed by atoms with Gasteiger partial charge < -0.3 is 15.6 Å². The van der Waals surface area contributed by atoms with Gasteiger partial charge in [-0.15, -0.1) is 5.23 Å². The summed E-state index contributed by atoms with van der Waals surface area (Å²) in [5, 5.41) is 36.2. The molecule has 2 aliphatic heterocycles. The lowest BCUT2D eigenvalue weighted by molar-refractivity contribution is -0.371. The van der Waals surface area contributed by atoms with E-state index in [4.69, 9.17) is 10.4 Å². The summed E-state index contributed by atoms with van der Waals surface area (Å²) in [5.41, 5.74) is -15.0. The zero-order valence-electron chi connectivity index (χ0n) is 11.4. The third-order valence-electron chi connectivity index (χ3n) is 3.51. The van der Waals surface area contributed by atoms with Gasteiger partial charge in [-0.2, -0.15) is 35.1 Å². The van der Waals surface area contributed by atoms with Gasteiger partial charge in [-0.05, 0) is 0 Å². The predicted molar refractivity (Wildman–Crippen MR) is 59.5 cm³/mol. The summed E-state index contributed by atoms with van der Waals surface area (Å²) >= 11 is 0. The van der Waals surface area contributed by atoms with Crippen LogP contribution in [0, 0.1) is 10.4 Å². The van der Waals surface area contributed by atoms with Crippen LogP contribution in [0.3, 0.4) is 0 Å². The summed E-state index contributed by atoms with van der Waals surface area (Å²) in [7, 11) is 0. The van der Waals surface area contributed by atoms with Gasteiger partial charge in [0.1, 0.15) is 5.69 Å². The number of nitrogens with zero attached hydrogens (tertiary/aromatic N) is 2. The van der Waals surface area contributed by atoms with E-state index >= 15 is 0 Å². The van der Waals surface area contributed by atoms with E-state index < -0.39 is 68.5 Å². The van der Waals surface area contributed by atoms with E-state index in [0.29, 0.717) is 0 Å². The lowest BCUT2D eigenvalue weighted by Crippen LogP contribution is -2.26. The second-order valence-corrected chi connectivity index (χ2v) is 5.01. The van der Waals surface area contributed by atoms with E-state index in [2.05, 4.69) is 9.47 Å². The minimum Gasteiger partial charge on any atom is -0.769 e. The molecule has 146 valence electrons. The smallest absolute Gasteiger partial charge is 0.390 e. The van der Waals surface area contributed by atoms with Crippen molar-refractivity contribution in [3.63, 3.8) is 0 Å². The fraction of sp³-hybridized carbons (Fsp3) is 0.400. The summed E-state index contributed by atoms with van der Waals surface area (Å²) in [6, 6.07) is 0. The van der Waals surface area contributed by atoms with Gasteiger partial charge in [-0.25, -0.2) is 9.47 Å². The lowest BCUT2D eigenvalue weighted by atomic mass is 9.93. The molecule has 0 atom stereocenters. The number of hydrogen-bond donors (Lipinski definition) is 2. The number of hydrogen-bond acceptors (Lipinski definition) is 8. The SMILES string of the molecule is [O-]N([O-])c1c2c(c(N(O)O)c3c1C(F)(F)OC3(F)F)C(F)(F)OC2(F)F. The minimum atomic E-state index is -5.31. The number of fused-ring (bicyclic) bond motifs is 2. The third-order valence-corrected chi connectivity index (χ3v) is 3.51. The van der Waals surface area contributed by atoms with Crippen LogP contribution >= 0.6 is 0 Å². The Kier molecular flexibility index (Phi) is 3.50. The van der Waals surface area contributed by atoms with Gasteiger partial charge in [0.25, 0.3) is 0 Å². The maximum atomic E-state index is 13.8. The predicted octanol–water partition coefficient (Wildman–Crippen LogP) is 3.33. The molecule has 0 spiro atoms. The summed E-state index contributed by atoms with van der Waals surface area (Å²) in [6.45, 7) is 0. The number of benzene rings is 1. The first-order chi connectivity index (χ1) is 11.5. The van der Waals surface area contributed by atoms with Crippen molar-refractivity contribution in [2.45, 2.75) is 24.4 Å². The summed E-state index contributed by atoms with van der Waals surface area (Å²) < 4.78 is 116. The molecule has 0 aliphatic carbocycles. The Morgan fingerprint density at radius 1 is 0.615 bits per heavy atom. The Hall–Kier alpha value is -1.98. The molecule has 0 bridgehead atoms. The van der Waals surface area contributed by atoms with Gasteiger partial charge in [-0.3, -0.25) is 10.4 Å². The van der Waals surface area contributed by atoms with Crippen LogP contribution in [-0.2, 0) is 33.9 Å². The number of ether oxygens (including phenoxy) is 2. The van der Waals surface area contributed by atoms with Crippen LogP contribution in [-0.4, -0.2) is 10.4 Å². The molecule has 0 amide bonds. The molecule has 26 heavy (non-hydrogen) atoms. The quantitative estimate of drug-likeness (QED) is 0.443. The van der Waals surface area contributed by atoms with Crippen molar-refractivity contribution in [1.29, 1.82) is 0 Å². The Balaban J connectivity index is 2.63. The number of rotatable bonds is 2. The van der Waals surface area contributed by atoms with Crippen molar-refractivity contribution in [3.05, 3.63) is 32.7 Å². The van der Waals surface area contributed by atoms with Crippen LogP contribution in [0.15, 0.2) is 0 Å². The lowest BCUT2D eigenvalue weighted by Gasteiger charge is -2.41. The molecule has 1 aromatic carbocycles. The van der Waals surface area contributed by atoms with Crippen LogP contribution in [0.25, 0.3) is 0 Å². The van der Waals surface area contributed by atoms with Crippen molar-refractivity contribution >= 4 is 11.4 Å². The van der Waals surface area contributed by atoms with Crippen molar-refractivity contribution in [1.82, 2.24) is 0 Å². The molecule has 0 fully saturated rings. The first kappa shape index (κ1) is 18.8. The number of halogens is 8. The van der Waals surface area contributed by atoms with Crippen molar-refractivity contribution in [3.8, 4) is 0 Å². The highest BCUT2D eigenvalue weighted by Crippen LogP contribution is 2.65. The van der Waals surface area contributed by atoms with E-state index in [1.54, 1.807) is 0 Å².